The molecule has 0 radical (unpaired) electrons. The number of carbonyl (C=O) groups excluding carboxylic acids is 1. The molecule has 0 spiro atoms. The summed E-state index contributed by atoms with van der Waals surface area (Å²) in [5, 5.41) is 5.81. The third kappa shape index (κ3) is 3.99. The largest absolute Gasteiger partial charge is 0.338 e. The standard InChI is InChI=1S/C17H26N2O/c1-3-10-18-17(20)19-11-9-15-6-4-5-14-8-7-13(2)12-16(14)15/h7-8,12,15H,3-6,9-11H2,1-2H3,(H2,18,19,20)/t15-/m1/s1. The molecule has 3 nitrogen and oxygen atoms in total. The summed E-state index contributed by atoms with van der Waals surface area (Å²) in [5.74, 6) is 0.602. The summed E-state index contributed by atoms with van der Waals surface area (Å²) in [6.45, 7) is 5.72. The van der Waals surface area contributed by atoms with Gasteiger partial charge in [-0.05, 0) is 56.1 Å². The highest BCUT2D eigenvalue weighted by Crippen LogP contribution is 2.34. The molecule has 2 N–H and O–H groups in total. The van der Waals surface area contributed by atoms with Crippen LogP contribution in [0.15, 0.2) is 18.2 Å². The van der Waals surface area contributed by atoms with Crippen molar-refractivity contribution in [3.63, 3.8) is 0 Å². The lowest BCUT2D eigenvalue weighted by Crippen LogP contribution is -2.36. The van der Waals surface area contributed by atoms with E-state index >= 15 is 0 Å². The van der Waals surface area contributed by atoms with Crippen LogP contribution in [-0.4, -0.2) is 19.1 Å². The topological polar surface area (TPSA) is 41.1 Å². The molecule has 0 aromatic heterocycles. The number of urea groups is 1. The van der Waals surface area contributed by atoms with E-state index in [0.29, 0.717) is 5.92 Å². The monoisotopic (exact) mass is 274 g/mol. The van der Waals surface area contributed by atoms with Crippen LogP contribution >= 0.6 is 0 Å². The van der Waals surface area contributed by atoms with Gasteiger partial charge >= 0.3 is 6.03 Å². The van der Waals surface area contributed by atoms with Gasteiger partial charge < -0.3 is 10.6 Å². The zero-order chi connectivity index (χ0) is 14.4. The van der Waals surface area contributed by atoms with Crippen LogP contribution in [0.1, 0.15) is 55.2 Å². The molecule has 0 bridgehead atoms. The van der Waals surface area contributed by atoms with Gasteiger partial charge in [0.25, 0.3) is 0 Å². The van der Waals surface area contributed by atoms with Gasteiger partial charge in [0.15, 0.2) is 0 Å². The fourth-order valence-electron chi connectivity index (χ4n) is 2.98. The van der Waals surface area contributed by atoms with Crippen molar-refractivity contribution in [3.8, 4) is 0 Å². The predicted octanol–water partition coefficient (Wildman–Crippen LogP) is 3.51. The second kappa shape index (κ2) is 7.32. The number of hydrogen-bond acceptors (Lipinski definition) is 1. The fraction of sp³-hybridized carbons (Fsp3) is 0.588. The molecule has 110 valence electrons. The van der Waals surface area contributed by atoms with Crippen LogP contribution in [0.5, 0.6) is 0 Å². The quantitative estimate of drug-likeness (QED) is 0.847. The van der Waals surface area contributed by atoms with E-state index < -0.39 is 0 Å². The summed E-state index contributed by atoms with van der Waals surface area (Å²) in [6, 6.07) is 6.78. The van der Waals surface area contributed by atoms with Gasteiger partial charge in [-0.1, -0.05) is 30.7 Å². The highest BCUT2D eigenvalue weighted by Gasteiger charge is 2.19. The predicted molar refractivity (Wildman–Crippen MR) is 83.2 cm³/mol. The van der Waals surface area contributed by atoms with E-state index in [1.165, 1.54) is 36.0 Å². The van der Waals surface area contributed by atoms with E-state index in [1.807, 2.05) is 0 Å². The zero-order valence-corrected chi connectivity index (χ0v) is 12.7. The Bertz CT molecular complexity index is 456. The molecule has 2 rings (SSSR count). The van der Waals surface area contributed by atoms with Crippen LogP contribution in [0.25, 0.3) is 0 Å². The molecule has 1 atom stereocenters. The number of benzene rings is 1. The van der Waals surface area contributed by atoms with Crippen molar-refractivity contribution in [3.05, 3.63) is 34.9 Å². The van der Waals surface area contributed by atoms with E-state index in [1.54, 1.807) is 0 Å². The number of fused-ring (bicyclic) bond motifs is 1. The Hall–Kier alpha value is -1.51. The van der Waals surface area contributed by atoms with Crippen LogP contribution in [0.2, 0.25) is 0 Å². The van der Waals surface area contributed by atoms with Gasteiger partial charge in [-0.2, -0.15) is 0 Å². The highest BCUT2D eigenvalue weighted by molar-refractivity contribution is 5.73. The number of aryl methyl sites for hydroxylation is 2. The number of rotatable bonds is 5. The van der Waals surface area contributed by atoms with Gasteiger partial charge in [-0.25, -0.2) is 4.79 Å². The second-order valence-electron chi connectivity index (χ2n) is 5.76. The Morgan fingerprint density at radius 1 is 1.30 bits per heavy atom. The molecule has 1 aromatic carbocycles. The number of carbonyl (C=O) groups is 1. The molecule has 20 heavy (non-hydrogen) atoms. The van der Waals surface area contributed by atoms with Gasteiger partial charge in [0.1, 0.15) is 0 Å². The summed E-state index contributed by atoms with van der Waals surface area (Å²) in [5.41, 5.74) is 4.35. The fourth-order valence-corrected chi connectivity index (χ4v) is 2.98. The summed E-state index contributed by atoms with van der Waals surface area (Å²) >= 11 is 0. The molecular weight excluding hydrogens is 248 g/mol. The van der Waals surface area contributed by atoms with Crippen molar-refractivity contribution in [1.29, 1.82) is 0 Å². The molecule has 1 aliphatic rings. The summed E-state index contributed by atoms with van der Waals surface area (Å²) in [7, 11) is 0. The molecule has 1 aliphatic carbocycles. The Balaban J connectivity index is 1.86. The Kier molecular flexibility index (Phi) is 5.45. The molecule has 0 saturated carbocycles. The maximum atomic E-state index is 11.5. The number of nitrogens with one attached hydrogen (secondary N) is 2. The van der Waals surface area contributed by atoms with E-state index in [2.05, 4.69) is 42.7 Å². The van der Waals surface area contributed by atoms with Crippen LogP contribution in [0.4, 0.5) is 4.79 Å². The van der Waals surface area contributed by atoms with Crippen LogP contribution in [-0.2, 0) is 6.42 Å². The van der Waals surface area contributed by atoms with Gasteiger partial charge in [0.05, 0.1) is 0 Å². The molecule has 0 heterocycles. The van der Waals surface area contributed by atoms with Gasteiger partial charge in [-0.15, -0.1) is 0 Å². The Labute approximate surface area is 122 Å². The van der Waals surface area contributed by atoms with Gasteiger partial charge in [0.2, 0.25) is 0 Å². The summed E-state index contributed by atoms with van der Waals surface area (Å²) in [4.78, 5) is 11.5. The molecule has 0 unspecified atom stereocenters. The maximum Gasteiger partial charge on any atom is 0.314 e. The lowest BCUT2D eigenvalue weighted by atomic mass is 9.80. The Morgan fingerprint density at radius 3 is 2.90 bits per heavy atom. The minimum Gasteiger partial charge on any atom is -0.338 e. The van der Waals surface area contributed by atoms with E-state index in [4.69, 9.17) is 0 Å². The van der Waals surface area contributed by atoms with E-state index in [-0.39, 0.29) is 6.03 Å². The van der Waals surface area contributed by atoms with Crippen molar-refractivity contribution >= 4 is 6.03 Å². The second-order valence-corrected chi connectivity index (χ2v) is 5.76. The van der Waals surface area contributed by atoms with Crippen molar-refractivity contribution in [1.82, 2.24) is 10.6 Å². The summed E-state index contributed by atoms with van der Waals surface area (Å²) < 4.78 is 0. The van der Waals surface area contributed by atoms with Crippen molar-refractivity contribution in [2.45, 2.75) is 51.9 Å². The van der Waals surface area contributed by atoms with Gasteiger partial charge in [-0.3, -0.25) is 0 Å². The average molecular weight is 274 g/mol. The number of amides is 2. The van der Waals surface area contributed by atoms with Crippen molar-refractivity contribution in [2.75, 3.05) is 13.1 Å². The van der Waals surface area contributed by atoms with E-state index in [9.17, 15) is 4.79 Å². The number of hydrogen-bond donors (Lipinski definition) is 2. The van der Waals surface area contributed by atoms with Crippen LogP contribution in [0, 0.1) is 6.92 Å². The average Bonchev–Trinajstić information content (AvgIpc) is 2.45. The normalized spacial score (nSPS) is 17.4. The first-order valence-electron chi connectivity index (χ1n) is 7.82. The molecule has 0 saturated heterocycles. The molecule has 1 aromatic rings. The maximum absolute atomic E-state index is 11.5. The highest BCUT2D eigenvalue weighted by atomic mass is 16.2. The van der Waals surface area contributed by atoms with E-state index in [0.717, 1.165) is 25.9 Å². The molecule has 0 fully saturated rings. The minimum absolute atomic E-state index is 0.0351. The first-order chi connectivity index (χ1) is 9.70. The third-order valence-corrected chi connectivity index (χ3v) is 4.05. The van der Waals surface area contributed by atoms with Crippen molar-refractivity contribution in [2.24, 2.45) is 0 Å². The smallest absolute Gasteiger partial charge is 0.314 e. The molecule has 2 amide bonds. The molecule has 3 heteroatoms. The third-order valence-electron chi connectivity index (χ3n) is 4.05. The first kappa shape index (κ1) is 14.9. The van der Waals surface area contributed by atoms with Crippen molar-refractivity contribution < 1.29 is 4.79 Å². The SMILES string of the molecule is CCCNC(=O)NCC[C@H]1CCCc2ccc(C)cc21. The molecule has 0 aliphatic heterocycles. The minimum atomic E-state index is -0.0351. The lowest BCUT2D eigenvalue weighted by Gasteiger charge is -2.26. The summed E-state index contributed by atoms with van der Waals surface area (Å²) in [6.07, 6.45) is 5.73. The lowest BCUT2D eigenvalue weighted by molar-refractivity contribution is 0.240. The zero-order valence-electron chi connectivity index (χ0n) is 12.7. The molecular formula is C17H26N2O. The first-order valence-corrected chi connectivity index (χ1v) is 7.82. The van der Waals surface area contributed by atoms with Gasteiger partial charge in [0, 0.05) is 13.1 Å². The van der Waals surface area contributed by atoms with Crippen LogP contribution in [0.3, 0.4) is 0 Å². The van der Waals surface area contributed by atoms with Crippen LogP contribution < -0.4 is 10.6 Å². The Morgan fingerprint density at radius 2 is 2.10 bits per heavy atom.